The second-order valence-corrected chi connectivity index (χ2v) is 6.35. The molecule has 0 bridgehead atoms. The van der Waals surface area contributed by atoms with Crippen LogP contribution in [0.4, 0.5) is 0 Å². The van der Waals surface area contributed by atoms with Crippen molar-refractivity contribution in [1.29, 1.82) is 0 Å². The molecular formula is C16H11NO4S2. The molecular weight excluding hydrogens is 334 g/mol. The molecule has 2 aromatic rings. The number of carbonyl (C=O) groups excluding carboxylic acids is 2. The van der Waals surface area contributed by atoms with Gasteiger partial charge >= 0.3 is 5.97 Å². The minimum absolute atomic E-state index is 0.231. The number of amides is 1. The van der Waals surface area contributed by atoms with Gasteiger partial charge in [-0.05, 0) is 24.3 Å². The van der Waals surface area contributed by atoms with Gasteiger partial charge in [-0.15, -0.1) is 0 Å². The third kappa shape index (κ3) is 3.35. The van der Waals surface area contributed by atoms with E-state index in [0.717, 1.165) is 5.56 Å². The minimum Gasteiger partial charge on any atom is -0.465 e. The van der Waals surface area contributed by atoms with E-state index < -0.39 is 5.97 Å². The summed E-state index contributed by atoms with van der Waals surface area (Å²) in [6, 6.07) is 10.5. The van der Waals surface area contributed by atoms with E-state index in [1.165, 1.54) is 18.9 Å². The van der Waals surface area contributed by atoms with Crippen LogP contribution in [0, 0.1) is 0 Å². The molecule has 116 valence electrons. The van der Waals surface area contributed by atoms with Crippen molar-refractivity contribution in [3.05, 3.63) is 52.6 Å². The number of ether oxygens (including phenoxy) is 1. The van der Waals surface area contributed by atoms with E-state index in [1.807, 2.05) is 6.07 Å². The third-order valence-corrected chi connectivity index (χ3v) is 4.27. The number of esters is 1. The quantitative estimate of drug-likeness (QED) is 0.523. The van der Waals surface area contributed by atoms with Gasteiger partial charge in [0, 0.05) is 11.6 Å². The normalized spacial score (nSPS) is 15.8. The SMILES string of the molecule is COC(=O)c1cccc(-c2ccc(C=C3SC(=S)NC3=O)o2)c1. The average Bonchev–Trinajstić information content (AvgIpc) is 3.14. The van der Waals surface area contributed by atoms with Gasteiger partial charge in [0.15, 0.2) is 0 Å². The van der Waals surface area contributed by atoms with Crippen LogP contribution in [0.25, 0.3) is 17.4 Å². The number of methoxy groups -OCH3 is 1. The first kappa shape index (κ1) is 15.5. The maximum absolute atomic E-state index is 11.6. The van der Waals surface area contributed by atoms with Gasteiger partial charge < -0.3 is 14.5 Å². The van der Waals surface area contributed by atoms with Crippen LogP contribution in [0.2, 0.25) is 0 Å². The molecule has 1 saturated heterocycles. The highest BCUT2D eigenvalue weighted by Crippen LogP contribution is 2.29. The van der Waals surface area contributed by atoms with Crippen LogP contribution < -0.4 is 5.32 Å². The summed E-state index contributed by atoms with van der Waals surface area (Å²) in [4.78, 5) is 23.7. The summed E-state index contributed by atoms with van der Waals surface area (Å²) in [5.74, 6) is 0.485. The van der Waals surface area contributed by atoms with Crippen molar-refractivity contribution in [2.75, 3.05) is 7.11 Å². The van der Waals surface area contributed by atoms with Crippen molar-refractivity contribution in [2.24, 2.45) is 0 Å². The molecule has 7 heteroatoms. The Kier molecular flexibility index (Phi) is 4.31. The van der Waals surface area contributed by atoms with Crippen molar-refractivity contribution >= 4 is 46.3 Å². The molecule has 1 aliphatic rings. The standard InChI is InChI=1S/C16H11NO4S2/c1-20-15(19)10-4-2-3-9(7-10)12-6-5-11(21-12)8-13-14(18)17-16(22)23-13/h2-8H,1H3,(H,17,18,22). The van der Waals surface area contributed by atoms with E-state index in [4.69, 9.17) is 21.4 Å². The fourth-order valence-electron chi connectivity index (χ4n) is 2.05. The number of furan rings is 1. The van der Waals surface area contributed by atoms with Crippen molar-refractivity contribution in [3.8, 4) is 11.3 Å². The molecule has 0 unspecified atom stereocenters. The summed E-state index contributed by atoms with van der Waals surface area (Å²) in [7, 11) is 1.33. The van der Waals surface area contributed by atoms with Gasteiger partial charge in [0.2, 0.25) is 0 Å². The maximum atomic E-state index is 11.6. The van der Waals surface area contributed by atoms with Gasteiger partial charge in [0.1, 0.15) is 15.8 Å². The Bertz CT molecular complexity index is 838. The molecule has 0 spiro atoms. The largest absolute Gasteiger partial charge is 0.465 e. The number of carbonyl (C=O) groups is 2. The highest BCUT2D eigenvalue weighted by atomic mass is 32.2. The van der Waals surface area contributed by atoms with E-state index in [-0.39, 0.29) is 5.91 Å². The fraction of sp³-hybridized carbons (Fsp3) is 0.0625. The average molecular weight is 345 g/mol. The molecule has 3 rings (SSSR count). The molecule has 0 atom stereocenters. The highest BCUT2D eigenvalue weighted by molar-refractivity contribution is 8.26. The monoisotopic (exact) mass is 345 g/mol. The van der Waals surface area contributed by atoms with E-state index in [2.05, 4.69) is 5.32 Å². The molecule has 5 nitrogen and oxygen atoms in total. The second-order valence-electron chi connectivity index (χ2n) is 4.63. The van der Waals surface area contributed by atoms with Gasteiger partial charge in [0.25, 0.3) is 5.91 Å². The molecule has 1 amide bonds. The zero-order valence-corrected chi connectivity index (χ0v) is 13.6. The van der Waals surface area contributed by atoms with Crippen LogP contribution in [-0.4, -0.2) is 23.3 Å². The van der Waals surface area contributed by atoms with Crippen LogP contribution in [0.1, 0.15) is 16.1 Å². The molecule has 1 aliphatic heterocycles. The Morgan fingerprint density at radius 2 is 2.17 bits per heavy atom. The first-order valence-corrected chi connectivity index (χ1v) is 7.83. The van der Waals surface area contributed by atoms with Crippen molar-refractivity contribution < 1.29 is 18.7 Å². The first-order chi connectivity index (χ1) is 11.1. The summed E-state index contributed by atoms with van der Waals surface area (Å²) < 4.78 is 10.9. The lowest BCUT2D eigenvalue weighted by Crippen LogP contribution is -2.17. The second kappa shape index (κ2) is 6.39. The van der Waals surface area contributed by atoms with Crippen LogP contribution in [0.15, 0.2) is 45.7 Å². The van der Waals surface area contributed by atoms with Crippen LogP contribution >= 0.6 is 24.0 Å². The zero-order chi connectivity index (χ0) is 16.4. The van der Waals surface area contributed by atoms with Crippen LogP contribution in [0.3, 0.4) is 0 Å². The summed E-state index contributed by atoms with van der Waals surface area (Å²) in [6.45, 7) is 0. The van der Waals surface area contributed by atoms with Crippen LogP contribution in [0.5, 0.6) is 0 Å². The molecule has 1 N–H and O–H groups in total. The minimum atomic E-state index is -0.409. The molecule has 1 aromatic heterocycles. The fourth-order valence-corrected chi connectivity index (χ4v) is 3.08. The number of benzene rings is 1. The molecule has 0 saturated carbocycles. The number of hydrogen-bond donors (Lipinski definition) is 1. The molecule has 2 heterocycles. The highest BCUT2D eigenvalue weighted by Gasteiger charge is 2.22. The Hall–Kier alpha value is -2.38. The first-order valence-electron chi connectivity index (χ1n) is 6.60. The van der Waals surface area contributed by atoms with Crippen molar-refractivity contribution in [1.82, 2.24) is 5.32 Å². The van der Waals surface area contributed by atoms with Gasteiger partial charge in [-0.1, -0.05) is 36.1 Å². The number of hydrogen-bond acceptors (Lipinski definition) is 6. The number of nitrogens with one attached hydrogen (secondary N) is 1. The molecule has 1 aromatic carbocycles. The summed E-state index contributed by atoms with van der Waals surface area (Å²) >= 11 is 6.13. The predicted octanol–water partition coefficient (Wildman–Crippen LogP) is 3.22. The molecule has 23 heavy (non-hydrogen) atoms. The number of rotatable bonds is 3. The van der Waals surface area contributed by atoms with E-state index in [0.29, 0.717) is 26.3 Å². The molecule has 0 radical (unpaired) electrons. The maximum Gasteiger partial charge on any atom is 0.337 e. The Labute approximate surface area is 141 Å². The smallest absolute Gasteiger partial charge is 0.337 e. The lowest BCUT2D eigenvalue weighted by Gasteiger charge is -2.01. The van der Waals surface area contributed by atoms with Gasteiger partial charge in [-0.25, -0.2) is 4.79 Å². The molecule has 1 fully saturated rings. The van der Waals surface area contributed by atoms with E-state index in [9.17, 15) is 9.59 Å². The van der Waals surface area contributed by atoms with Crippen molar-refractivity contribution in [2.45, 2.75) is 0 Å². The summed E-state index contributed by atoms with van der Waals surface area (Å²) in [5.41, 5.74) is 1.19. The van der Waals surface area contributed by atoms with Gasteiger partial charge in [-0.2, -0.15) is 0 Å². The summed E-state index contributed by atoms with van der Waals surface area (Å²) in [5, 5.41) is 2.55. The Morgan fingerprint density at radius 3 is 2.87 bits per heavy atom. The zero-order valence-electron chi connectivity index (χ0n) is 12.0. The number of thiocarbonyl (C=S) groups is 1. The Morgan fingerprint density at radius 1 is 1.35 bits per heavy atom. The van der Waals surface area contributed by atoms with E-state index >= 15 is 0 Å². The third-order valence-electron chi connectivity index (χ3n) is 3.11. The molecule has 0 aliphatic carbocycles. The van der Waals surface area contributed by atoms with Gasteiger partial charge in [0.05, 0.1) is 17.6 Å². The summed E-state index contributed by atoms with van der Waals surface area (Å²) in [6.07, 6.45) is 1.63. The van der Waals surface area contributed by atoms with Crippen molar-refractivity contribution in [3.63, 3.8) is 0 Å². The lowest BCUT2D eigenvalue weighted by atomic mass is 10.1. The van der Waals surface area contributed by atoms with E-state index in [1.54, 1.807) is 36.4 Å². The number of thioether (sulfide) groups is 1. The van der Waals surface area contributed by atoms with Gasteiger partial charge in [-0.3, -0.25) is 4.79 Å². The predicted molar refractivity (Wildman–Crippen MR) is 91.8 cm³/mol. The topological polar surface area (TPSA) is 68.5 Å². The Balaban J connectivity index is 1.88. The lowest BCUT2D eigenvalue weighted by molar-refractivity contribution is -0.115. The van der Waals surface area contributed by atoms with Crippen LogP contribution in [-0.2, 0) is 9.53 Å².